The molecule has 0 heterocycles. The fourth-order valence-corrected chi connectivity index (χ4v) is 3.63. The van der Waals surface area contributed by atoms with E-state index in [4.69, 9.17) is 0 Å². The molecule has 0 aliphatic heterocycles. The third-order valence-corrected chi connectivity index (χ3v) is 4.53. The fraction of sp³-hybridized carbons (Fsp3) is 0.600. The number of fused-ring (bicyclic) bond motifs is 2. The van der Waals surface area contributed by atoms with E-state index in [-0.39, 0.29) is 5.75 Å². The maximum atomic E-state index is 12.0. The van der Waals surface area contributed by atoms with Gasteiger partial charge in [0.15, 0.2) is 0 Å². The predicted molar refractivity (Wildman–Crippen MR) is 70.5 cm³/mol. The van der Waals surface area contributed by atoms with E-state index in [2.05, 4.69) is 10.1 Å². The maximum absolute atomic E-state index is 12.0. The Labute approximate surface area is 112 Å². The van der Waals surface area contributed by atoms with Gasteiger partial charge in [-0.15, -0.1) is 0 Å². The van der Waals surface area contributed by atoms with Crippen LogP contribution in [0.3, 0.4) is 0 Å². The topological polar surface area (TPSA) is 21.3 Å². The van der Waals surface area contributed by atoms with Crippen molar-refractivity contribution in [2.24, 2.45) is 17.8 Å². The summed E-state index contributed by atoms with van der Waals surface area (Å²) in [5, 5.41) is 3.41. The van der Waals surface area contributed by atoms with Gasteiger partial charge in [0.1, 0.15) is 5.75 Å². The number of halogens is 2. The molecule has 3 rings (SSSR count). The first kappa shape index (κ1) is 12.7. The van der Waals surface area contributed by atoms with Crippen LogP contribution in [-0.2, 0) is 0 Å². The molecule has 4 heteroatoms. The van der Waals surface area contributed by atoms with Crippen molar-refractivity contribution in [3.63, 3.8) is 0 Å². The second kappa shape index (κ2) is 5.35. The van der Waals surface area contributed by atoms with Gasteiger partial charge in [-0.25, -0.2) is 0 Å². The van der Waals surface area contributed by atoms with Crippen molar-refractivity contribution in [1.29, 1.82) is 0 Å². The zero-order chi connectivity index (χ0) is 13.2. The van der Waals surface area contributed by atoms with Gasteiger partial charge in [0.05, 0.1) is 0 Å². The minimum Gasteiger partial charge on any atom is -0.435 e. The monoisotopic (exact) mass is 267 g/mol. The minimum absolute atomic E-state index is 0.209. The number of nitrogens with one attached hydrogen (secondary N) is 1. The molecule has 0 saturated heterocycles. The lowest BCUT2D eigenvalue weighted by Crippen LogP contribution is -2.20. The van der Waals surface area contributed by atoms with Crippen LogP contribution in [0, 0.1) is 17.8 Å². The highest BCUT2D eigenvalue weighted by molar-refractivity contribution is 5.46. The Bertz CT molecular complexity index is 421. The Hall–Kier alpha value is -1.32. The van der Waals surface area contributed by atoms with E-state index in [9.17, 15) is 8.78 Å². The first-order chi connectivity index (χ1) is 9.20. The van der Waals surface area contributed by atoms with Crippen LogP contribution in [0.4, 0.5) is 14.5 Å². The van der Waals surface area contributed by atoms with Crippen LogP contribution in [0.1, 0.15) is 25.7 Å². The smallest absolute Gasteiger partial charge is 0.387 e. The number of ether oxygens (including phenoxy) is 1. The second-order valence-corrected chi connectivity index (χ2v) is 5.72. The lowest BCUT2D eigenvalue weighted by atomic mass is 9.89. The molecule has 0 radical (unpaired) electrons. The molecule has 2 aliphatic rings. The van der Waals surface area contributed by atoms with Crippen molar-refractivity contribution in [3.8, 4) is 5.75 Å². The molecule has 104 valence electrons. The Morgan fingerprint density at radius 1 is 1.16 bits per heavy atom. The molecule has 2 bridgehead atoms. The molecule has 1 aromatic carbocycles. The summed E-state index contributed by atoms with van der Waals surface area (Å²) in [6.07, 6.45) is 5.57. The molecule has 3 unspecified atom stereocenters. The van der Waals surface area contributed by atoms with E-state index in [0.29, 0.717) is 0 Å². The number of hydrogen-bond donors (Lipinski definition) is 1. The molecular weight excluding hydrogens is 248 g/mol. The van der Waals surface area contributed by atoms with Crippen LogP contribution in [0.15, 0.2) is 24.3 Å². The van der Waals surface area contributed by atoms with Crippen molar-refractivity contribution in [2.45, 2.75) is 32.3 Å². The van der Waals surface area contributed by atoms with E-state index >= 15 is 0 Å². The van der Waals surface area contributed by atoms with Gasteiger partial charge in [0, 0.05) is 12.2 Å². The number of anilines is 1. The Morgan fingerprint density at radius 2 is 1.95 bits per heavy atom. The highest BCUT2D eigenvalue weighted by Gasteiger charge is 2.38. The Kier molecular flexibility index (Phi) is 3.58. The largest absolute Gasteiger partial charge is 0.435 e. The summed E-state index contributed by atoms with van der Waals surface area (Å²) in [7, 11) is 0. The van der Waals surface area contributed by atoms with Crippen molar-refractivity contribution in [2.75, 3.05) is 11.9 Å². The molecule has 0 aromatic heterocycles. The number of alkyl halides is 2. The summed E-state index contributed by atoms with van der Waals surface area (Å²) < 4.78 is 28.4. The van der Waals surface area contributed by atoms with Gasteiger partial charge < -0.3 is 10.1 Å². The van der Waals surface area contributed by atoms with E-state index in [1.54, 1.807) is 24.3 Å². The van der Waals surface area contributed by atoms with Crippen molar-refractivity contribution >= 4 is 5.69 Å². The standard InChI is InChI=1S/C15H19F2NO/c16-15(17)19-14-5-3-13(4-6-14)18-9-12-8-10-1-2-11(12)7-10/h3-6,10-12,15,18H,1-2,7-9H2. The van der Waals surface area contributed by atoms with Crippen LogP contribution >= 0.6 is 0 Å². The van der Waals surface area contributed by atoms with Gasteiger partial charge in [-0.1, -0.05) is 6.42 Å². The van der Waals surface area contributed by atoms with Crippen molar-refractivity contribution < 1.29 is 13.5 Å². The molecule has 2 nitrogen and oxygen atoms in total. The summed E-state index contributed by atoms with van der Waals surface area (Å²) in [6.45, 7) is -1.76. The summed E-state index contributed by atoms with van der Waals surface area (Å²) in [6, 6.07) is 6.75. The van der Waals surface area contributed by atoms with Crippen molar-refractivity contribution in [3.05, 3.63) is 24.3 Å². The lowest BCUT2D eigenvalue weighted by molar-refractivity contribution is -0.0498. The summed E-state index contributed by atoms with van der Waals surface area (Å²) in [5.41, 5.74) is 0.976. The summed E-state index contributed by atoms with van der Waals surface area (Å²) >= 11 is 0. The highest BCUT2D eigenvalue weighted by atomic mass is 19.3. The lowest BCUT2D eigenvalue weighted by Gasteiger charge is -2.22. The summed E-state index contributed by atoms with van der Waals surface area (Å²) in [5.74, 6) is 2.86. The highest BCUT2D eigenvalue weighted by Crippen LogP contribution is 2.48. The molecule has 19 heavy (non-hydrogen) atoms. The first-order valence-corrected chi connectivity index (χ1v) is 6.99. The molecule has 0 spiro atoms. The van der Waals surface area contributed by atoms with Crippen LogP contribution < -0.4 is 10.1 Å². The first-order valence-electron chi connectivity index (χ1n) is 6.99. The summed E-state index contributed by atoms with van der Waals surface area (Å²) in [4.78, 5) is 0. The molecule has 2 aliphatic carbocycles. The molecule has 1 N–H and O–H groups in total. The molecule has 3 atom stereocenters. The molecule has 2 fully saturated rings. The predicted octanol–water partition coefficient (Wildman–Crippen LogP) is 4.14. The molecule has 0 amide bonds. The zero-order valence-corrected chi connectivity index (χ0v) is 10.8. The second-order valence-electron chi connectivity index (χ2n) is 5.72. The van der Waals surface area contributed by atoms with E-state index in [1.807, 2.05) is 0 Å². The van der Waals surface area contributed by atoms with Crippen LogP contribution in [0.5, 0.6) is 5.75 Å². The van der Waals surface area contributed by atoms with Gasteiger partial charge in [-0.05, 0) is 61.3 Å². The maximum Gasteiger partial charge on any atom is 0.387 e. The quantitative estimate of drug-likeness (QED) is 0.865. The van der Waals surface area contributed by atoms with E-state index in [1.165, 1.54) is 25.7 Å². The third kappa shape index (κ3) is 2.99. The molecule has 1 aromatic rings. The Morgan fingerprint density at radius 3 is 2.53 bits per heavy atom. The average molecular weight is 267 g/mol. The average Bonchev–Trinajstić information content (AvgIpc) is 2.99. The van der Waals surface area contributed by atoms with Gasteiger partial charge in [-0.3, -0.25) is 0 Å². The minimum atomic E-state index is -2.76. The van der Waals surface area contributed by atoms with E-state index in [0.717, 1.165) is 30.0 Å². The SMILES string of the molecule is FC(F)Oc1ccc(NCC2CC3CCC2C3)cc1. The van der Waals surface area contributed by atoms with Crippen LogP contribution in [0.2, 0.25) is 0 Å². The van der Waals surface area contributed by atoms with Crippen molar-refractivity contribution in [1.82, 2.24) is 0 Å². The number of benzene rings is 1. The van der Waals surface area contributed by atoms with Gasteiger partial charge in [0.2, 0.25) is 0 Å². The number of rotatable bonds is 5. The fourth-order valence-electron chi connectivity index (χ4n) is 3.63. The Balaban J connectivity index is 1.50. The number of hydrogen-bond acceptors (Lipinski definition) is 2. The van der Waals surface area contributed by atoms with Crippen LogP contribution in [-0.4, -0.2) is 13.2 Å². The molecule has 2 saturated carbocycles. The van der Waals surface area contributed by atoms with Gasteiger partial charge >= 0.3 is 6.61 Å². The van der Waals surface area contributed by atoms with Gasteiger partial charge in [-0.2, -0.15) is 8.78 Å². The van der Waals surface area contributed by atoms with Crippen LogP contribution in [0.25, 0.3) is 0 Å². The normalized spacial score (nSPS) is 28.9. The molecular formula is C15H19F2NO. The van der Waals surface area contributed by atoms with Gasteiger partial charge in [0.25, 0.3) is 0 Å². The van der Waals surface area contributed by atoms with E-state index < -0.39 is 6.61 Å². The zero-order valence-electron chi connectivity index (χ0n) is 10.8. The third-order valence-electron chi connectivity index (χ3n) is 4.53.